The molecule has 0 atom stereocenters. The zero-order valence-corrected chi connectivity index (χ0v) is 10.8. The van der Waals surface area contributed by atoms with Gasteiger partial charge in [-0.25, -0.2) is 9.59 Å². The summed E-state index contributed by atoms with van der Waals surface area (Å²) in [6, 6.07) is 6.17. The summed E-state index contributed by atoms with van der Waals surface area (Å²) in [6.45, 7) is 3.00. The number of nitrogens with one attached hydrogen (secondary N) is 1. The van der Waals surface area contributed by atoms with E-state index in [9.17, 15) is 14.4 Å². The number of anilines is 1. The lowest BCUT2D eigenvalue weighted by Crippen LogP contribution is -2.14. The van der Waals surface area contributed by atoms with E-state index in [1.165, 1.54) is 19.1 Å². The smallest absolute Gasteiger partial charge is 0.411 e. The summed E-state index contributed by atoms with van der Waals surface area (Å²) in [5, 5.41) is 2.47. The molecule has 1 aromatic carbocycles. The van der Waals surface area contributed by atoms with E-state index in [0.29, 0.717) is 5.69 Å². The van der Waals surface area contributed by atoms with Gasteiger partial charge < -0.3 is 9.47 Å². The lowest BCUT2D eigenvalue weighted by molar-refractivity contribution is -0.120. The molecule has 0 unspecified atom stereocenters. The van der Waals surface area contributed by atoms with Crippen LogP contribution < -0.4 is 5.32 Å². The number of esters is 1. The minimum absolute atomic E-state index is 0.242. The highest BCUT2D eigenvalue weighted by Crippen LogP contribution is 2.12. The molecule has 0 saturated heterocycles. The van der Waals surface area contributed by atoms with Crippen molar-refractivity contribution in [2.45, 2.75) is 13.8 Å². The fraction of sp³-hybridized carbons (Fsp3) is 0.308. The summed E-state index contributed by atoms with van der Waals surface area (Å²) < 4.78 is 9.48. The van der Waals surface area contributed by atoms with Crippen LogP contribution in [0.2, 0.25) is 0 Å². The lowest BCUT2D eigenvalue weighted by Gasteiger charge is -2.07. The molecular weight excluding hydrogens is 250 g/mol. The van der Waals surface area contributed by atoms with Gasteiger partial charge in [0.05, 0.1) is 12.2 Å². The second-order valence-corrected chi connectivity index (χ2v) is 3.70. The summed E-state index contributed by atoms with van der Waals surface area (Å²) in [6.07, 6.45) is -0.600. The molecule has 0 aliphatic heterocycles. The van der Waals surface area contributed by atoms with Gasteiger partial charge in [-0.05, 0) is 32.0 Å². The van der Waals surface area contributed by atoms with E-state index in [4.69, 9.17) is 9.47 Å². The van der Waals surface area contributed by atoms with E-state index in [2.05, 4.69) is 5.32 Å². The van der Waals surface area contributed by atoms with Crippen LogP contribution >= 0.6 is 0 Å². The van der Waals surface area contributed by atoms with E-state index >= 15 is 0 Å². The Kier molecular flexibility index (Phi) is 5.53. The molecule has 1 aromatic rings. The van der Waals surface area contributed by atoms with Gasteiger partial charge >= 0.3 is 12.1 Å². The molecule has 0 saturated carbocycles. The summed E-state index contributed by atoms with van der Waals surface area (Å²) in [5.41, 5.74) is 0.659. The Morgan fingerprint density at radius 1 is 1.21 bits per heavy atom. The molecule has 6 nitrogen and oxygen atoms in total. The average Bonchev–Trinajstić information content (AvgIpc) is 2.36. The number of ketones is 1. The van der Waals surface area contributed by atoms with Gasteiger partial charge in [-0.1, -0.05) is 6.07 Å². The molecule has 0 bridgehead atoms. The minimum Gasteiger partial charge on any atom is -0.454 e. The molecular formula is C13H15NO5. The summed E-state index contributed by atoms with van der Waals surface area (Å²) in [7, 11) is 0. The van der Waals surface area contributed by atoms with Crippen molar-refractivity contribution in [3.8, 4) is 0 Å². The van der Waals surface area contributed by atoms with Crippen LogP contribution in [-0.4, -0.2) is 31.1 Å². The average molecular weight is 265 g/mol. The van der Waals surface area contributed by atoms with Gasteiger partial charge in [0, 0.05) is 5.69 Å². The third kappa shape index (κ3) is 5.20. The van der Waals surface area contributed by atoms with Crippen LogP contribution in [0.4, 0.5) is 10.5 Å². The number of hydrogen-bond acceptors (Lipinski definition) is 5. The summed E-state index contributed by atoms with van der Waals surface area (Å²) in [4.78, 5) is 33.5. The third-order valence-electron chi connectivity index (χ3n) is 2.03. The van der Waals surface area contributed by atoms with Gasteiger partial charge in [0.1, 0.15) is 6.61 Å². The van der Waals surface area contributed by atoms with Crippen molar-refractivity contribution in [1.82, 2.24) is 0 Å². The van der Waals surface area contributed by atoms with Gasteiger partial charge in [-0.15, -0.1) is 0 Å². The van der Waals surface area contributed by atoms with Crippen molar-refractivity contribution >= 4 is 23.5 Å². The van der Waals surface area contributed by atoms with Gasteiger partial charge in [-0.3, -0.25) is 10.1 Å². The second-order valence-electron chi connectivity index (χ2n) is 3.70. The number of ether oxygens (including phenoxy) is 2. The molecule has 19 heavy (non-hydrogen) atoms. The zero-order chi connectivity index (χ0) is 14.3. The van der Waals surface area contributed by atoms with Crippen LogP contribution in [0.3, 0.4) is 0 Å². The predicted octanol–water partition coefficient (Wildman–Crippen LogP) is 2.00. The first kappa shape index (κ1) is 14.7. The standard InChI is InChI=1S/C13H15NO5/c1-3-18-13(17)14-11-6-4-5-10(7-11)12(16)19-8-9(2)15/h4-7H,3,8H2,1-2H3,(H,14,17). The highest BCUT2D eigenvalue weighted by Gasteiger charge is 2.10. The first-order valence-corrected chi connectivity index (χ1v) is 5.73. The van der Waals surface area contributed by atoms with Crippen LogP contribution in [0.15, 0.2) is 24.3 Å². The number of carbonyl (C=O) groups excluding carboxylic acids is 3. The van der Waals surface area contributed by atoms with Crippen LogP contribution in [0.25, 0.3) is 0 Å². The molecule has 1 N–H and O–H groups in total. The fourth-order valence-corrected chi connectivity index (χ4v) is 1.26. The number of Topliss-reactive ketones (excluding diaryl/α,β-unsaturated/α-hetero) is 1. The molecule has 0 spiro atoms. The largest absolute Gasteiger partial charge is 0.454 e. The van der Waals surface area contributed by atoms with E-state index in [-0.39, 0.29) is 24.6 Å². The molecule has 6 heteroatoms. The molecule has 0 aromatic heterocycles. The summed E-state index contributed by atoms with van der Waals surface area (Å²) in [5.74, 6) is -0.864. The van der Waals surface area contributed by atoms with Gasteiger partial charge in [0.2, 0.25) is 0 Å². The topological polar surface area (TPSA) is 81.7 Å². The van der Waals surface area contributed by atoms with Crippen molar-refractivity contribution in [2.75, 3.05) is 18.5 Å². The van der Waals surface area contributed by atoms with Crippen molar-refractivity contribution in [3.63, 3.8) is 0 Å². The Morgan fingerprint density at radius 3 is 2.58 bits per heavy atom. The predicted molar refractivity (Wildman–Crippen MR) is 68.1 cm³/mol. The quantitative estimate of drug-likeness (QED) is 0.823. The normalized spacial score (nSPS) is 9.58. The molecule has 0 aliphatic rings. The third-order valence-corrected chi connectivity index (χ3v) is 2.03. The van der Waals surface area contributed by atoms with Gasteiger partial charge in [0.25, 0.3) is 0 Å². The Morgan fingerprint density at radius 2 is 1.95 bits per heavy atom. The van der Waals surface area contributed by atoms with Gasteiger partial charge in [-0.2, -0.15) is 0 Å². The molecule has 1 rings (SSSR count). The fourth-order valence-electron chi connectivity index (χ4n) is 1.26. The van der Waals surface area contributed by atoms with Crippen LogP contribution in [-0.2, 0) is 14.3 Å². The number of benzene rings is 1. The van der Waals surface area contributed by atoms with Crippen LogP contribution in [0.1, 0.15) is 24.2 Å². The van der Waals surface area contributed by atoms with Crippen molar-refractivity contribution in [2.24, 2.45) is 0 Å². The van der Waals surface area contributed by atoms with E-state index in [1.807, 2.05) is 0 Å². The van der Waals surface area contributed by atoms with E-state index in [0.717, 1.165) is 0 Å². The molecule has 0 fully saturated rings. The lowest BCUT2D eigenvalue weighted by atomic mass is 10.2. The Hall–Kier alpha value is -2.37. The second kappa shape index (κ2) is 7.15. The monoisotopic (exact) mass is 265 g/mol. The van der Waals surface area contributed by atoms with E-state index < -0.39 is 12.1 Å². The van der Waals surface area contributed by atoms with Crippen LogP contribution in [0, 0.1) is 0 Å². The number of amides is 1. The highest BCUT2D eigenvalue weighted by atomic mass is 16.5. The molecule has 0 heterocycles. The maximum Gasteiger partial charge on any atom is 0.411 e. The minimum atomic E-state index is -0.622. The van der Waals surface area contributed by atoms with Crippen molar-refractivity contribution in [1.29, 1.82) is 0 Å². The van der Waals surface area contributed by atoms with E-state index in [1.54, 1.807) is 19.1 Å². The zero-order valence-electron chi connectivity index (χ0n) is 10.8. The van der Waals surface area contributed by atoms with Gasteiger partial charge in [0.15, 0.2) is 5.78 Å². The number of carbonyl (C=O) groups is 3. The molecule has 0 aliphatic carbocycles. The Balaban J connectivity index is 2.68. The number of hydrogen-bond donors (Lipinski definition) is 1. The van der Waals surface area contributed by atoms with Crippen molar-refractivity contribution in [3.05, 3.63) is 29.8 Å². The maximum atomic E-state index is 11.6. The Bertz CT molecular complexity index is 484. The summed E-state index contributed by atoms with van der Waals surface area (Å²) >= 11 is 0. The molecule has 1 amide bonds. The maximum absolute atomic E-state index is 11.6. The highest BCUT2D eigenvalue weighted by molar-refractivity contribution is 5.93. The first-order valence-electron chi connectivity index (χ1n) is 5.73. The van der Waals surface area contributed by atoms with Crippen LogP contribution in [0.5, 0.6) is 0 Å². The Labute approximate surface area is 110 Å². The molecule has 102 valence electrons. The number of rotatable bonds is 5. The van der Waals surface area contributed by atoms with Crippen molar-refractivity contribution < 1.29 is 23.9 Å². The first-order chi connectivity index (χ1) is 9.02. The SMILES string of the molecule is CCOC(=O)Nc1cccc(C(=O)OCC(C)=O)c1. The molecule has 0 radical (unpaired) electrons.